The van der Waals surface area contributed by atoms with E-state index in [1.807, 2.05) is 39.8 Å². The summed E-state index contributed by atoms with van der Waals surface area (Å²) in [6.45, 7) is 7.55. The van der Waals surface area contributed by atoms with Crippen LogP contribution in [0.4, 0.5) is 0 Å². The van der Waals surface area contributed by atoms with E-state index in [0.717, 1.165) is 11.1 Å². The Labute approximate surface area is 183 Å². The minimum atomic E-state index is -0.509. The molecule has 6 nitrogen and oxygen atoms in total. The summed E-state index contributed by atoms with van der Waals surface area (Å²) in [6, 6.07) is 10.3. The number of carbonyl (C=O) groups is 2. The van der Waals surface area contributed by atoms with Crippen LogP contribution >= 0.6 is 15.9 Å². The molecule has 0 spiro atoms. The second kappa shape index (κ2) is 8.14. The Morgan fingerprint density at radius 1 is 1.07 bits per heavy atom. The predicted molar refractivity (Wildman–Crippen MR) is 117 cm³/mol. The Morgan fingerprint density at radius 2 is 1.67 bits per heavy atom. The lowest BCUT2D eigenvalue weighted by molar-refractivity contribution is -0.479. The third kappa shape index (κ3) is 4.21. The van der Waals surface area contributed by atoms with Crippen LogP contribution in [0.5, 0.6) is 5.75 Å². The number of carbonyl (C=O) groups excluding carboxylic acids is 2. The second-order valence-corrected chi connectivity index (χ2v) is 9.15. The number of fused-ring (bicyclic) bond motifs is 1. The Hall–Kier alpha value is -2.80. The van der Waals surface area contributed by atoms with Crippen molar-refractivity contribution in [2.75, 3.05) is 6.54 Å². The van der Waals surface area contributed by atoms with Gasteiger partial charge in [-0.1, -0.05) is 51.1 Å². The number of rotatable bonds is 5. The van der Waals surface area contributed by atoms with Gasteiger partial charge in [0, 0.05) is 28.0 Å². The van der Waals surface area contributed by atoms with Crippen LogP contribution in [-0.2, 0) is 5.41 Å². The zero-order valence-electron chi connectivity index (χ0n) is 17.2. The molecule has 0 saturated heterocycles. The highest BCUT2D eigenvalue weighted by molar-refractivity contribution is 9.10. The number of ketones is 2. The molecule has 0 unspecified atom stereocenters. The number of aryl methyl sites for hydroxylation is 1. The number of allylic oxidation sites excluding steroid dienone is 1. The summed E-state index contributed by atoms with van der Waals surface area (Å²) in [5.74, 6) is -0.573. The van der Waals surface area contributed by atoms with Crippen LogP contribution in [0.25, 0.3) is 0 Å². The molecule has 0 atom stereocenters. The van der Waals surface area contributed by atoms with Gasteiger partial charge in [0.1, 0.15) is 5.75 Å². The van der Waals surface area contributed by atoms with Gasteiger partial charge < -0.3 is 4.74 Å². The third-order valence-electron chi connectivity index (χ3n) is 4.92. The molecule has 3 rings (SSSR count). The van der Waals surface area contributed by atoms with E-state index in [0.29, 0.717) is 10.2 Å². The average Bonchev–Trinajstić information content (AvgIpc) is 2.65. The second-order valence-electron chi connectivity index (χ2n) is 8.29. The van der Waals surface area contributed by atoms with Gasteiger partial charge in [-0.25, -0.2) is 0 Å². The molecule has 0 bridgehead atoms. The van der Waals surface area contributed by atoms with Crippen LogP contribution in [0.2, 0.25) is 0 Å². The molecule has 2 aromatic carbocycles. The minimum Gasteiger partial charge on any atom is -0.451 e. The first kappa shape index (κ1) is 21.9. The minimum absolute atomic E-state index is 0.0303. The van der Waals surface area contributed by atoms with E-state index in [2.05, 4.69) is 15.9 Å². The van der Waals surface area contributed by atoms with E-state index >= 15 is 0 Å². The number of Topliss-reactive ketones (excluding diaryl/α,β-unsaturated/α-hetero) is 2. The zero-order chi connectivity index (χ0) is 22.2. The van der Waals surface area contributed by atoms with Crippen molar-refractivity contribution in [3.63, 3.8) is 0 Å². The van der Waals surface area contributed by atoms with Gasteiger partial charge in [-0.2, -0.15) is 0 Å². The van der Waals surface area contributed by atoms with E-state index < -0.39 is 23.0 Å². The van der Waals surface area contributed by atoms with Gasteiger partial charge in [0.05, 0.1) is 10.0 Å². The lowest BCUT2D eigenvalue weighted by Gasteiger charge is -2.27. The Kier molecular flexibility index (Phi) is 5.94. The van der Waals surface area contributed by atoms with Crippen LogP contribution in [-0.4, -0.2) is 23.0 Å². The van der Waals surface area contributed by atoms with E-state index in [-0.39, 0.29) is 34.3 Å². The number of nitro groups is 1. The average molecular weight is 472 g/mol. The number of benzene rings is 2. The largest absolute Gasteiger partial charge is 0.451 e. The fourth-order valence-corrected chi connectivity index (χ4v) is 4.09. The summed E-state index contributed by atoms with van der Waals surface area (Å²) in [7, 11) is 0. The standard InChI is InChI=1S/C23H22BrNO5/c1-13-11-17(23(2,3)4)22(18(24)12-13)30-21-16(9-10-25(28)29)19(26)14-7-5-6-8-15(14)20(21)27/h5-8,11-12H,9-10H2,1-4H3. The number of ether oxygens (including phenoxy) is 1. The zero-order valence-corrected chi connectivity index (χ0v) is 18.8. The Bertz CT molecular complexity index is 1100. The fourth-order valence-electron chi connectivity index (χ4n) is 3.43. The van der Waals surface area contributed by atoms with E-state index in [1.54, 1.807) is 24.3 Å². The fraction of sp³-hybridized carbons (Fsp3) is 0.304. The first-order chi connectivity index (χ1) is 14.0. The van der Waals surface area contributed by atoms with Crippen molar-refractivity contribution < 1.29 is 19.2 Å². The van der Waals surface area contributed by atoms with E-state index in [9.17, 15) is 19.7 Å². The number of halogens is 1. The quantitative estimate of drug-likeness (QED) is 0.428. The third-order valence-corrected chi connectivity index (χ3v) is 5.50. The molecule has 0 saturated carbocycles. The molecule has 0 radical (unpaired) electrons. The molecule has 0 heterocycles. The van der Waals surface area contributed by atoms with Gasteiger partial charge >= 0.3 is 0 Å². The van der Waals surface area contributed by atoms with E-state index in [4.69, 9.17) is 4.74 Å². The van der Waals surface area contributed by atoms with Gasteiger partial charge in [0.2, 0.25) is 12.3 Å². The summed E-state index contributed by atoms with van der Waals surface area (Å²) >= 11 is 3.51. The lowest BCUT2D eigenvalue weighted by atomic mass is 9.85. The highest BCUT2D eigenvalue weighted by atomic mass is 79.9. The normalized spacial score (nSPS) is 14.0. The maximum Gasteiger partial charge on any atom is 0.229 e. The topological polar surface area (TPSA) is 86.5 Å². The molecule has 2 aromatic rings. The summed E-state index contributed by atoms with van der Waals surface area (Å²) in [5, 5.41) is 11.0. The Balaban J connectivity index is 2.19. The van der Waals surface area contributed by atoms with Crippen molar-refractivity contribution in [2.24, 2.45) is 0 Å². The molecule has 156 valence electrons. The van der Waals surface area contributed by atoms with Gasteiger partial charge in [0.25, 0.3) is 0 Å². The summed E-state index contributed by atoms with van der Waals surface area (Å²) < 4.78 is 6.77. The first-order valence-electron chi connectivity index (χ1n) is 9.52. The molecule has 0 aliphatic heterocycles. The van der Waals surface area contributed by atoms with Gasteiger partial charge in [0.15, 0.2) is 11.5 Å². The maximum atomic E-state index is 13.2. The van der Waals surface area contributed by atoms with Crippen LogP contribution in [0.15, 0.2) is 52.2 Å². The molecule has 1 aliphatic rings. The predicted octanol–water partition coefficient (Wildman–Crippen LogP) is 5.43. The smallest absolute Gasteiger partial charge is 0.229 e. The van der Waals surface area contributed by atoms with Gasteiger partial charge in [-0.05, 0) is 39.9 Å². The summed E-state index contributed by atoms with van der Waals surface area (Å²) in [4.78, 5) is 36.8. The molecule has 0 fully saturated rings. The van der Waals surface area contributed by atoms with Crippen LogP contribution < -0.4 is 4.74 Å². The van der Waals surface area contributed by atoms with Crippen molar-refractivity contribution >= 4 is 27.5 Å². The van der Waals surface area contributed by atoms with Crippen molar-refractivity contribution in [3.05, 3.63) is 84.6 Å². The molecule has 1 aliphatic carbocycles. The monoisotopic (exact) mass is 471 g/mol. The van der Waals surface area contributed by atoms with Crippen molar-refractivity contribution in [2.45, 2.75) is 39.5 Å². The number of hydrogen-bond acceptors (Lipinski definition) is 5. The first-order valence-corrected chi connectivity index (χ1v) is 10.3. The van der Waals surface area contributed by atoms with Crippen LogP contribution in [0.3, 0.4) is 0 Å². The molecular weight excluding hydrogens is 450 g/mol. The summed E-state index contributed by atoms with van der Waals surface area (Å²) in [5.41, 5.74) is 2.08. The molecule has 0 amide bonds. The van der Waals surface area contributed by atoms with Gasteiger partial charge in [-0.15, -0.1) is 0 Å². The summed E-state index contributed by atoms with van der Waals surface area (Å²) in [6.07, 6.45) is -0.185. The van der Waals surface area contributed by atoms with Crippen molar-refractivity contribution in [1.82, 2.24) is 0 Å². The molecule has 30 heavy (non-hydrogen) atoms. The van der Waals surface area contributed by atoms with Gasteiger partial charge in [-0.3, -0.25) is 19.7 Å². The van der Waals surface area contributed by atoms with Crippen LogP contribution in [0.1, 0.15) is 59.0 Å². The lowest BCUT2D eigenvalue weighted by Crippen LogP contribution is -2.27. The number of hydrogen-bond donors (Lipinski definition) is 0. The van der Waals surface area contributed by atoms with Crippen LogP contribution in [0, 0.1) is 17.0 Å². The molecule has 0 aromatic heterocycles. The molecule has 7 heteroatoms. The van der Waals surface area contributed by atoms with Crippen molar-refractivity contribution in [3.8, 4) is 5.75 Å². The molecule has 0 N–H and O–H groups in total. The SMILES string of the molecule is Cc1cc(Br)c(OC2=C(CC[N+](=O)[O-])C(=O)c3ccccc3C2=O)c(C(C)(C)C)c1. The maximum absolute atomic E-state index is 13.2. The number of nitrogens with zero attached hydrogens (tertiary/aromatic N) is 1. The highest BCUT2D eigenvalue weighted by Gasteiger charge is 2.35. The van der Waals surface area contributed by atoms with E-state index in [1.165, 1.54) is 0 Å². The molecular formula is C23H22BrNO5. The Morgan fingerprint density at radius 3 is 2.23 bits per heavy atom. The highest BCUT2D eigenvalue weighted by Crippen LogP contribution is 2.41. The van der Waals surface area contributed by atoms with Crippen molar-refractivity contribution in [1.29, 1.82) is 0 Å².